The molecule has 8 heteroatoms. The molecule has 0 unspecified atom stereocenters. The Kier molecular flexibility index (Phi) is 4.54. The molecule has 0 fully saturated rings. The lowest BCUT2D eigenvalue weighted by atomic mass is 10.1. The molecule has 0 aromatic carbocycles. The smallest absolute Gasteiger partial charge is 0.242 e. The maximum absolute atomic E-state index is 12.6. The van der Waals surface area contributed by atoms with Crippen LogP contribution < -0.4 is 9.80 Å². The third kappa shape index (κ3) is 3.42. The van der Waals surface area contributed by atoms with Gasteiger partial charge in [-0.15, -0.1) is 5.10 Å². The molecule has 0 radical (unpaired) electrons. The number of likely N-dealkylation sites (N-methyl/N-ethyl adjacent to an activating group) is 1. The summed E-state index contributed by atoms with van der Waals surface area (Å²) in [7, 11) is 5.70. The van der Waals surface area contributed by atoms with Crippen molar-refractivity contribution >= 4 is 17.5 Å². The van der Waals surface area contributed by atoms with E-state index in [0.29, 0.717) is 18.9 Å². The fourth-order valence-electron chi connectivity index (χ4n) is 2.62. The van der Waals surface area contributed by atoms with Crippen LogP contribution in [0.2, 0.25) is 0 Å². The molecule has 0 bridgehead atoms. The van der Waals surface area contributed by atoms with Gasteiger partial charge in [0.05, 0.1) is 18.4 Å². The highest BCUT2D eigenvalue weighted by atomic mass is 16.2. The average molecular weight is 327 g/mol. The van der Waals surface area contributed by atoms with E-state index < -0.39 is 0 Å². The van der Waals surface area contributed by atoms with E-state index >= 15 is 0 Å². The van der Waals surface area contributed by atoms with Crippen LogP contribution in [0.4, 0.5) is 11.6 Å². The number of hydrogen-bond donors (Lipinski definition) is 0. The predicted octanol–water partition coefficient (Wildman–Crippen LogP) is 0.354. The van der Waals surface area contributed by atoms with Gasteiger partial charge < -0.3 is 14.7 Å². The number of rotatable bonds is 4. The molecule has 1 aliphatic heterocycles. The quantitative estimate of drug-likeness (QED) is 0.802. The van der Waals surface area contributed by atoms with Gasteiger partial charge in [-0.1, -0.05) is 0 Å². The summed E-state index contributed by atoms with van der Waals surface area (Å²) in [4.78, 5) is 26.4. The van der Waals surface area contributed by atoms with Crippen molar-refractivity contribution in [3.05, 3.63) is 35.9 Å². The molecule has 3 rings (SSSR count). The molecule has 2 aromatic heterocycles. The summed E-state index contributed by atoms with van der Waals surface area (Å²) >= 11 is 0. The maximum atomic E-state index is 12.6. The van der Waals surface area contributed by atoms with Crippen molar-refractivity contribution in [2.24, 2.45) is 0 Å². The second kappa shape index (κ2) is 6.77. The average Bonchev–Trinajstić information content (AvgIpc) is 2.61. The van der Waals surface area contributed by atoms with Gasteiger partial charge in [0, 0.05) is 53.0 Å². The topological polar surface area (TPSA) is 78.4 Å². The number of carbonyl (C=O) groups excluding carboxylic acids is 1. The molecule has 8 nitrogen and oxygen atoms in total. The minimum absolute atomic E-state index is 0.0667. The fraction of sp³-hybridized carbons (Fsp3) is 0.438. The van der Waals surface area contributed by atoms with E-state index in [1.165, 1.54) is 0 Å². The Morgan fingerprint density at radius 2 is 2.04 bits per heavy atom. The second-order valence-corrected chi connectivity index (χ2v) is 6.05. The van der Waals surface area contributed by atoms with Crippen LogP contribution in [0.3, 0.4) is 0 Å². The van der Waals surface area contributed by atoms with Gasteiger partial charge in [0.15, 0.2) is 5.82 Å². The van der Waals surface area contributed by atoms with Gasteiger partial charge in [-0.25, -0.2) is 4.98 Å². The zero-order valence-corrected chi connectivity index (χ0v) is 14.2. The van der Waals surface area contributed by atoms with E-state index in [2.05, 4.69) is 20.2 Å². The van der Waals surface area contributed by atoms with Crippen LogP contribution in [0.1, 0.15) is 11.3 Å². The van der Waals surface area contributed by atoms with E-state index in [0.717, 1.165) is 23.5 Å². The Morgan fingerprint density at radius 1 is 1.21 bits per heavy atom. The number of aromatic nitrogens is 4. The molecule has 0 aliphatic carbocycles. The van der Waals surface area contributed by atoms with Crippen molar-refractivity contribution in [2.75, 3.05) is 44.0 Å². The first-order valence-corrected chi connectivity index (χ1v) is 7.82. The lowest BCUT2D eigenvalue weighted by Crippen LogP contribution is -2.42. The van der Waals surface area contributed by atoms with Crippen LogP contribution >= 0.6 is 0 Å². The Balaban J connectivity index is 1.68. The molecular weight excluding hydrogens is 306 g/mol. The van der Waals surface area contributed by atoms with Gasteiger partial charge in [0.25, 0.3) is 0 Å². The van der Waals surface area contributed by atoms with E-state index in [1.54, 1.807) is 23.5 Å². The summed E-state index contributed by atoms with van der Waals surface area (Å²) in [6.07, 6.45) is 5.62. The molecule has 1 aliphatic rings. The van der Waals surface area contributed by atoms with Crippen LogP contribution in [0.5, 0.6) is 0 Å². The zero-order valence-electron chi connectivity index (χ0n) is 14.2. The maximum Gasteiger partial charge on any atom is 0.242 e. The van der Waals surface area contributed by atoms with E-state index in [-0.39, 0.29) is 12.5 Å². The molecule has 0 N–H and O–H groups in total. The van der Waals surface area contributed by atoms with E-state index in [4.69, 9.17) is 0 Å². The minimum atomic E-state index is 0.0667. The molecule has 3 heterocycles. The minimum Gasteiger partial charge on any atom is -0.361 e. The Bertz CT molecular complexity index is 720. The molecule has 1 amide bonds. The van der Waals surface area contributed by atoms with E-state index in [1.807, 2.05) is 37.0 Å². The van der Waals surface area contributed by atoms with Crippen molar-refractivity contribution < 1.29 is 4.79 Å². The van der Waals surface area contributed by atoms with Crippen molar-refractivity contribution in [3.8, 4) is 0 Å². The molecule has 24 heavy (non-hydrogen) atoms. The molecule has 0 spiro atoms. The number of hydrogen-bond acceptors (Lipinski definition) is 7. The van der Waals surface area contributed by atoms with Gasteiger partial charge in [-0.05, 0) is 11.6 Å². The standard InChI is InChI=1S/C16H21N7O/c1-21(2)14-8-12-10-23(7-4-13(12)19-20-14)16(24)11-22(3)15-9-17-5-6-18-15/h5-6,8-9H,4,7,10-11H2,1-3H3. The largest absolute Gasteiger partial charge is 0.361 e. The molecule has 126 valence electrons. The van der Waals surface area contributed by atoms with Crippen molar-refractivity contribution in [1.82, 2.24) is 25.1 Å². The number of anilines is 2. The Hall–Kier alpha value is -2.77. The normalized spacial score (nSPS) is 13.4. The summed E-state index contributed by atoms with van der Waals surface area (Å²) in [5.41, 5.74) is 2.04. The molecule has 0 atom stereocenters. The van der Waals surface area contributed by atoms with Crippen molar-refractivity contribution in [2.45, 2.75) is 13.0 Å². The van der Waals surface area contributed by atoms with Crippen LogP contribution in [0, 0.1) is 0 Å². The van der Waals surface area contributed by atoms with Crippen LogP contribution in [0.15, 0.2) is 24.7 Å². The summed E-state index contributed by atoms with van der Waals surface area (Å²) < 4.78 is 0. The van der Waals surface area contributed by atoms with Crippen LogP contribution in [0.25, 0.3) is 0 Å². The molecule has 0 saturated heterocycles. The number of carbonyl (C=O) groups is 1. The summed E-state index contributed by atoms with van der Waals surface area (Å²) in [6.45, 7) is 1.50. The lowest BCUT2D eigenvalue weighted by Gasteiger charge is -2.30. The third-order valence-electron chi connectivity index (χ3n) is 4.05. The predicted molar refractivity (Wildman–Crippen MR) is 90.8 cm³/mol. The summed E-state index contributed by atoms with van der Waals surface area (Å²) in [5, 5.41) is 8.48. The van der Waals surface area contributed by atoms with Crippen LogP contribution in [-0.2, 0) is 17.8 Å². The van der Waals surface area contributed by atoms with Gasteiger partial charge in [0.1, 0.15) is 5.82 Å². The molecule has 0 saturated carbocycles. The van der Waals surface area contributed by atoms with Gasteiger partial charge in [-0.2, -0.15) is 5.10 Å². The molecule has 2 aromatic rings. The Morgan fingerprint density at radius 3 is 2.75 bits per heavy atom. The second-order valence-electron chi connectivity index (χ2n) is 6.05. The monoisotopic (exact) mass is 327 g/mol. The third-order valence-corrected chi connectivity index (χ3v) is 4.05. The highest BCUT2D eigenvalue weighted by molar-refractivity contribution is 5.81. The summed E-state index contributed by atoms with van der Waals surface area (Å²) in [5.74, 6) is 1.56. The summed E-state index contributed by atoms with van der Waals surface area (Å²) in [6, 6.07) is 2.01. The van der Waals surface area contributed by atoms with Gasteiger partial charge in [-0.3, -0.25) is 9.78 Å². The first-order chi connectivity index (χ1) is 11.5. The lowest BCUT2D eigenvalue weighted by molar-refractivity contribution is -0.130. The number of amides is 1. The Labute approximate surface area is 141 Å². The number of nitrogens with zero attached hydrogens (tertiary/aromatic N) is 7. The van der Waals surface area contributed by atoms with Gasteiger partial charge >= 0.3 is 0 Å². The molecular formula is C16H21N7O. The van der Waals surface area contributed by atoms with Crippen molar-refractivity contribution in [3.63, 3.8) is 0 Å². The van der Waals surface area contributed by atoms with Crippen LogP contribution in [-0.4, -0.2) is 65.2 Å². The van der Waals surface area contributed by atoms with E-state index in [9.17, 15) is 4.79 Å². The fourth-order valence-corrected chi connectivity index (χ4v) is 2.62. The highest BCUT2D eigenvalue weighted by Gasteiger charge is 2.23. The zero-order chi connectivity index (χ0) is 17.1. The number of fused-ring (bicyclic) bond motifs is 1. The first kappa shape index (κ1) is 16.1. The SMILES string of the molecule is CN(C)c1cc2c(nn1)CCN(C(=O)CN(C)c1cnccn1)C2. The van der Waals surface area contributed by atoms with Gasteiger partial charge in [0.2, 0.25) is 5.91 Å². The van der Waals surface area contributed by atoms with Crippen molar-refractivity contribution in [1.29, 1.82) is 0 Å². The highest BCUT2D eigenvalue weighted by Crippen LogP contribution is 2.20. The first-order valence-electron chi connectivity index (χ1n) is 7.82.